The number of thiol groups is 1. The molecule has 1 N–H and O–H groups in total. The van der Waals surface area contributed by atoms with Crippen molar-refractivity contribution in [1.82, 2.24) is 14.6 Å². The summed E-state index contributed by atoms with van der Waals surface area (Å²) in [7, 11) is -3.45. The molecule has 2 heterocycles. The lowest BCUT2D eigenvalue weighted by atomic mass is 10.2. The molecule has 0 unspecified atom stereocenters. The van der Waals surface area contributed by atoms with E-state index in [2.05, 4.69) is 4.98 Å². The number of hydrogen-bond donors (Lipinski definition) is 2. The molecule has 1 aromatic rings. The van der Waals surface area contributed by atoms with Crippen molar-refractivity contribution >= 4 is 22.5 Å². The van der Waals surface area contributed by atoms with E-state index in [-0.39, 0.29) is 17.4 Å². The minimum absolute atomic E-state index is 0.0667. The van der Waals surface area contributed by atoms with E-state index < -0.39 is 22.8 Å². The van der Waals surface area contributed by atoms with Gasteiger partial charge in [0.15, 0.2) is 5.70 Å². The fourth-order valence-corrected chi connectivity index (χ4v) is 2.43. The van der Waals surface area contributed by atoms with E-state index >= 15 is 0 Å². The van der Waals surface area contributed by atoms with E-state index in [0.29, 0.717) is 5.56 Å². The summed E-state index contributed by atoms with van der Waals surface area (Å²) in [4.78, 5) is 5.12. The van der Waals surface area contributed by atoms with E-state index in [4.69, 9.17) is 11.6 Å². The van der Waals surface area contributed by atoms with Gasteiger partial charge in [0, 0.05) is 18.9 Å². The molecule has 5 nitrogen and oxygen atoms in total. The Bertz CT molecular complexity index is 732. The summed E-state index contributed by atoms with van der Waals surface area (Å²) >= 11 is 5.67. The number of pyridine rings is 1. The predicted octanol–water partition coefficient (Wildman–Crippen LogP) is 2.51. The van der Waals surface area contributed by atoms with Crippen LogP contribution in [0.4, 0.5) is 13.2 Å². The lowest BCUT2D eigenvalue weighted by Gasteiger charge is -2.27. The standard InChI is InChI=1S/C13H11ClF3N3O2S/c14-11-5-4-9(7-18-11)8-20-6-2-1-3-10(20)12(13(15,16)17)19-23(21)22/h1-7,23H,8H2,(H,19,21,22). The summed E-state index contributed by atoms with van der Waals surface area (Å²) < 4.78 is 62.3. The monoisotopic (exact) mass is 365 g/mol. The van der Waals surface area contributed by atoms with Gasteiger partial charge in [-0.25, -0.2) is 13.4 Å². The van der Waals surface area contributed by atoms with Crippen LogP contribution < -0.4 is 4.72 Å². The van der Waals surface area contributed by atoms with E-state index in [1.807, 2.05) is 0 Å². The van der Waals surface area contributed by atoms with Crippen LogP contribution in [0, 0.1) is 0 Å². The Kier molecular flexibility index (Phi) is 5.32. The Morgan fingerprint density at radius 1 is 1.30 bits per heavy atom. The molecule has 23 heavy (non-hydrogen) atoms. The van der Waals surface area contributed by atoms with Crippen molar-refractivity contribution in [3.05, 3.63) is 64.9 Å². The normalized spacial score (nSPS) is 16.8. The molecule has 0 radical (unpaired) electrons. The third-order valence-electron chi connectivity index (χ3n) is 2.82. The Hall–Kier alpha value is -2.00. The van der Waals surface area contributed by atoms with Gasteiger partial charge < -0.3 is 4.90 Å². The average molecular weight is 366 g/mol. The van der Waals surface area contributed by atoms with Gasteiger partial charge in [-0.15, -0.1) is 0 Å². The summed E-state index contributed by atoms with van der Waals surface area (Å²) in [5.74, 6) is 0. The molecule has 0 saturated heterocycles. The molecule has 124 valence electrons. The predicted molar refractivity (Wildman–Crippen MR) is 79.6 cm³/mol. The summed E-state index contributed by atoms with van der Waals surface area (Å²) in [5, 5.41) is 0.264. The second-order valence-corrected chi connectivity index (χ2v) is 5.57. The molecular weight excluding hydrogens is 355 g/mol. The summed E-state index contributed by atoms with van der Waals surface area (Å²) in [6.07, 6.45) is 2.10. The molecular formula is C13H11ClF3N3O2S. The molecule has 0 atom stereocenters. The fraction of sp³-hybridized carbons (Fsp3) is 0.154. The largest absolute Gasteiger partial charge is 0.433 e. The number of halogens is 4. The number of nitrogens with zero attached hydrogens (tertiary/aromatic N) is 2. The van der Waals surface area contributed by atoms with Gasteiger partial charge in [-0.1, -0.05) is 23.7 Å². The lowest BCUT2D eigenvalue weighted by molar-refractivity contribution is -0.0961. The zero-order valence-electron chi connectivity index (χ0n) is 11.4. The minimum Gasteiger partial charge on any atom is -0.342 e. The van der Waals surface area contributed by atoms with Crippen LogP contribution in [-0.4, -0.2) is 24.5 Å². The maximum atomic E-state index is 13.1. The van der Waals surface area contributed by atoms with Crippen LogP contribution in [0.2, 0.25) is 5.15 Å². The van der Waals surface area contributed by atoms with Crippen LogP contribution in [0.3, 0.4) is 0 Å². The number of nitrogens with one attached hydrogen (secondary N) is 1. The number of rotatable bonds is 4. The van der Waals surface area contributed by atoms with Gasteiger partial charge in [0.05, 0.1) is 5.70 Å². The maximum Gasteiger partial charge on any atom is 0.433 e. The molecule has 0 aliphatic carbocycles. The first-order valence-electron chi connectivity index (χ1n) is 6.22. The van der Waals surface area contributed by atoms with Crippen molar-refractivity contribution in [2.75, 3.05) is 0 Å². The topological polar surface area (TPSA) is 62.3 Å². The summed E-state index contributed by atoms with van der Waals surface area (Å²) in [5.41, 5.74) is -1.05. The zero-order chi connectivity index (χ0) is 17.0. The molecule has 0 saturated carbocycles. The van der Waals surface area contributed by atoms with Crippen LogP contribution in [0.15, 0.2) is 54.2 Å². The van der Waals surface area contributed by atoms with Crippen molar-refractivity contribution in [2.24, 2.45) is 0 Å². The molecule has 0 bridgehead atoms. The maximum absolute atomic E-state index is 13.1. The summed E-state index contributed by atoms with van der Waals surface area (Å²) in [6, 6.07) is 3.13. The summed E-state index contributed by atoms with van der Waals surface area (Å²) in [6.45, 7) is 0.0667. The van der Waals surface area contributed by atoms with Crippen molar-refractivity contribution in [3.8, 4) is 0 Å². The Labute approximate surface area is 136 Å². The molecule has 10 heteroatoms. The first-order valence-corrected chi connectivity index (χ1v) is 7.77. The molecule has 1 aliphatic heterocycles. The van der Waals surface area contributed by atoms with E-state index in [1.54, 1.807) is 6.07 Å². The molecule has 0 fully saturated rings. The smallest absolute Gasteiger partial charge is 0.342 e. The average Bonchev–Trinajstić information content (AvgIpc) is 2.47. The van der Waals surface area contributed by atoms with Crippen LogP contribution >= 0.6 is 11.6 Å². The lowest BCUT2D eigenvalue weighted by Crippen LogP contribution is -2.31. The second kappa shape index (κ2) is 7.05. The Balaban J connectivity index is 2.39. The van der Waals surface area contributed by atoms with Gasteiger partial charge in [0.2, 0.25) is 10.9 Å². The van der Waals surface area contributed by atoms with E-state index in [9.17, 15) is 21.6 Å². The third kappa shape index (κ3) is 4.73. The molecule has 2 rings (SSSR count). The number of alkyl halides is 3. The van der Waals surface area contributed by atoms with Gasteiger partial charge in [-0.3, -0.25) is 4.72 Å². The molecule has 1 aliphatic rings. The quantitative estimate of drug-likeness (QED) is 0.636. The van der Waals surface area contributed by atoms with Gasteiger partial charge >= 0.3 is 6.18 Å². The molecule has 0 spiro atoms. The van der Waals surface area contributed by atoms with Crippen molar-refractivity contribution in [2.45, 2.75) is 12.7 Å². The highest BCUT2D eigenvalue weighted by molar-refractivity contribution is 7.70. The molecule has 1 aromatic heterocycles. The molecule has 0 amide bonds. The minimum atomic E-state index is -4.85. The van der Waals surface area contributed by atoms with Gasteiger partial charge in [0.1, 0.15) is 5.15 Å². The SMILES string of the molecule is O=[SH](=O)NC(=C1C=CC=CN1Cc1ccc(Cl)nc1)C(F)(F)F. The number of hydrogen-bond acceptors (Lipinski definition) is 4. The third-order valence-corrected chi connectivity index (χ3v) is 3.45. The van der Waals surface area contributed by atoms with Crippen molar-refractivity contribution in [3.63, 3.8) is 0 Å². The highest BCUT2D eigenvalue weighted by Gasteiger charge is 2.38. The van der Waals surface area contributed by atoms with E-state index in [1.165, 1.54) is 46.3 Å². The second-order valence-electron chi connectivity index (χ2n) is 4.44. The fourth-order valence-electron chi connectivity index (χ4n) is 1.89. The zero-order valence-corrected chi connectivity index (χ0v) is 13.1. The first kappa shape index (κ1) is 17.4. The van der Waals surface area contributed by atoms with Crippen LogP contribution in [0.5, 0.6) is 0 Å². The van der Waals surface area contributed by atoms with Gasteiger partial charge in [-0.05, 0) is 23.8 Å². The number of allylic oxidation sites excluding steroid dienone is 4. The van der Waals surface area contributed by atoms with Crippen molar-refractivity contribution in [1.29, 1.82) is 0 Å². The Morgan fingerprint density at radius 2 is 2.04 bits per heavy atom. The highest BCUT2D eigenvalue weighted by atomic mass is 35.5. The molecule has 0 aromatic carbocycles. The van der Waals surface area contributed by atoms with E-state index in [0.717, 1.165) is 0 Å². The number of aromatic nitrogens is 1. The highest BCUT2D eigenvalue weighted by Crippen LogP contribution is 2.30. The van der Waals surface area contributed by atoms with Gasteiger partial charge in [0.25, 0.3) is 0 Å². The van der Waals surface area contributed by atoms with Gasteiger partial charge in [-0.2, -0.15) is 13.2 Å². The first-order chi connectivity index (χ1) is 10.8. The van der Waals surface area contributed by atoms with Crippen LogP contribution in [0.1, 0.15) is 5.56 Å². The van der Waals surface area contributed by atoms with Crippen LogP contribution in [-0.2, 0) is 17.4 Å². The van der Waals surface area contributed by atoms with Crippen molar-refractivity contribution < 1.29 is 21.6 Å². The Morgan fingerprint density at radius 3 is 2.61 bits per heavy atom. The van der Waals surface area contributed by atoms with Crippen LogP contribution in [0.25, 0.3) is 0 Å².